The molecule has 8 heteroatoms. The molecule has 3 aromatic carbocycles. The molecule has 0 fully saturated rings. The Hall–Kier alpha value is -3.97. The molecule has 0 saturated heterocycles. The molecule has 4 aromatic rings. The smallest absolute Gasteiger partial charge is 0.258 e. The lowest BCUT2D eigenvalue weighted by Gasteiger charge is -2.11. The number of nitrogens with one attached hydrogen (secondary N) is 3. The van der Waals surface area contributed by atoms with Crippen LogP contribution in [0.2, 0.25) is 5.02 Å². The van der Waals surface area contributed by atoms with E-state index in [0.717, 1.165) is 0 Å². The van der Waals surface area contributed by atoms with E-state index < -0.39 is 0 Å². The molecule has 0 radical (unpaired) electrons. The molecule has 0 saturated carbocycles. The average Bonchev–Trinajstić information content (AvgIpc) is 2.81. The van der Waals surface area contributed by atoms with Crippen molar-refractivity contribution in [3.63, 3.8) is 0 Å². The summed E-state index contributed by atoms with van der Waals surface area (Å²) in [5, 5.41) is 6.70. The predicted molar refractivity (Wildman–Crippen MR) is 130 cm³/mol. The molecule has 4 rings (SSSR count). The number of halogens is 1. The Morgan fingerprint density at radius 3 is 2.45 bits per heavy atom. The van der Waals surface area contributed by atoms with E-state index in [9.17, 15) is 14.4 Å². The van der Waals surface area contributed by atoms with E-state index in [2.05, 4.69) is 20.6 Å². The van der Waals surface area contributed by atoms with Crippen LogP contribution in [-0.2, 0) is 11.2 Å². The SMILES string of the molecule is O=C(CCCc1nc2ccccc2c(=O)[nH]1)Nc1ccccc1C(=O)Nc1ccc(Cl)cc1. The Kier molecular flexibility index (Phi) is 6.80. The maximum atomic E-state index is 12.7. The van der Waals surface area contributed by atoms with E-state index in [-0.39, 0.29) is 23.8 Å². The summed E-state index contributed by atoms with van der Waals surface area (Å²) in [5.74, 6) is -0.0368. The molecule has 0 atom stereocenters. The number of carbonyl (C=O) groups is 2. The fourth-order valence-electron chi connectivity index (χ4n) is 3.40. The number of carbonyl (C=O) groups excluding carboxylic acids is 2. The molecule has 7 nitrogen and oxygen atoms in total. The highest BCUT2D eigenvalue weighted by molar-refractivity contribution is 6.30. The van der Waals surface area contributed by atoms with Gasteiger partial charge in [-0.2, -0.15) is 0 Å². The number of para-hydroxylation sites is 2. The van der Waals surface area contributed by atoms with Gasteiger partial charge in [0.25, 0.3) is 11.5 Å². The van der Waals surface area contributed by atoms with E-state index >= 15 is 0 Å². The van der Waals surface area contributed by atoms with Gasteiger partial charge in [0.15, 0.2) is 0 Å². The van der Waals surface area contributed by atoms with Gasteiger partial charge in [0.2, 0.25) is 5.91 Å². The molecule has 0 aliphatic rings. The molecule has 1 aromatic heterocycles. The van der Waals surface area contributed by atoms with Crippen LogP contribution in [0.5, 0.6) is 0 Å². The number of aryl methyl sites for hydroxylation is 1. The first-order valence-corrected chi connectivity index (χ1v) is 10.8. The van der Waals surface area contributed by atoms with Crippen LogP contribution in [0.25, 0.3) is 10.9 Å². The van der Waals surface area contributed by atoms with E-state index in [1.165, 1.54) is 0 Å². The van der Waals surface area contributed by atoms with E-state index in [0.29, 0.717) is 51.5 Å². The molecule has 1 heterocycles. The quantitative estimate of drug-likeness (QED) is 0.369. The Labute approximate surface area is 194 Å². The fourth-order valence-corrected chi connectivity index (χ4v) is 3.53. The van der Waals surface area contributed by atoms with Crippen molar-refractivity contribution in [1.82, 2.24) is 9.97 Å². The Bertz CT molecular complexity index is 1370. The molecule has 0 aliphatic heterocycles. The third-order valence-corrected chi connectivity index (χ3v) is 5.28. The summed E-state index contributed by atoms with van der Waals surface area (Å²) >= 11 is 5.88. The van der Waals surface area contributed by atoms with Crippen LogP contribution in [0.15, 0.2) is 77.6 Å². The van der Waals surface area contributed by atoms with Gasteiger partial charge in [0.1, 0.15) is 5.82 Å². The summed E-state index contributed by atoms with van der Waals surface area (Å²) in [4.78, 5) is 44.6. The van der Waals surface area contributed by atoms with E-state index in [1.807, 2.05) is 6.07 Å². The lowest BCUT2D eigenvalue weighted by molar-refractivity contribution is -0.116. The van der Waals surface area contributed by atoms with Crippen molar-refractivity contribution in [2.45, 2.75) is 19.3 Å². The molecular weight excluding hydrogens is 440 g/mol. The van der Waals surface area contributed by atoms with Crippen LogP contribution in [0.1, 0.15) is 29.0 Å². The molecule has 0 unspecified atom stereocenters. The zero-order valence-electron chi connectivity index (χ0n) is 17.6. The van der Waals surface area contributed by atoms with E-state index in [1.54, 1.807) is 66.7 Å². The maximum absolute atomic E-state index is 12.7. The van der Waals surface area contributed by atoms with Crippen LogP contribution in [0.3, 0.4) is 0 Å². The molecule has 3 N–H and O–H groups in total. The Morgan fingerprint density at radius 2 is 1.64 bits per heavy atom. The van der Waals surface area contributed by atoms with Crippen LogP contribution in [0.4, 0.5) is 11.4 Å². The predicted octanol–water partition coefficient (Wildman–Crippen LogP) is 4.79. The van der Waals surface area contributed by atoms with Crippen molar-refractivity contribution in [3.8, 4) is 0 Å². The number of nitrogens with zero attached hydrogens (tertiary/aromatic N) is 1. The minimum Gasteiger partial charge on any atom is -0.325 e. The van der Waals surface area contributed by atoms with E-state index in [4.69, 9.17) is 11.6 Å². The highest BCUT2D eigenvalue weighted by Gasteiger charge is 2.14. The largest absolute Gasteiger partial charge is 0.325 e. The Morgan fingerprint density at radius 1 is 0.909 bits per heavy atom. The molecule has 0 aliphatic carbocycles. The minimum atomic E-state index is -0.342. The van der Waals surface area contributed by atoms with Gasteiger partial charge in [-0.1, -0.05) is 35.9 Å². The number of rotatable bonds is 7. The van der Waals surface area contributed by atoms with Gasteiger partial charge in [-0.05, 0) is 55.0 Å². The van der Waals surface area contributed by atoms with Crippen molar-refractivity contribution >= 4 is 45.7 Å². The lowest BCUT2D eigenvalue weighted by Crippen LogP contribution is -2.18. The van der Waals surface area contributed by atoms with Crippen molar-refractivity contribution in [2.75, 3.05) is 10.6 Å². The van der Waals surface area contributed by atoms with Crippen molar-refractivity contribution in [1.29, 1.82) is 0 Å². The summed E-state index contributed by atoms with van der Waals surface area (Å²) < 4.78 is 0. The first kappa shape index (κ1) is 22.2. The zero-order chi connectivity index (χ0) is 23.2. The van der Waals surface area contributed by atoms with Crippen LogP contribution in [-0.4, -0.2) is 21.8 Å². The minimum absolute atomic E-state index is 0.194. The number of hydrogen-bond acceptors (Lipinski definition) is 4. The molecule has 2 amide bonds. The topological polar surface area (TPSA) is 104 Å². The second-order valence-electron chi connectivity index (χ2n) is 7.44. The van der Waals surface area contributed by atoms with Gasteiger partial charge in [0.05, 0.1) is 22.2 Å². The number of amides is 2. The number of aromatic nitrogens is 2. The number of fused-ring (bicyclic) bond motifs is 1. The molecule has 0 bridgehead atoms. The van der Waals surface area contributed by atoms with Crippen LogP contribution < -0.4 is 16.2 Å². The van der Waals surface area contributed by atoms with Gasteiger partial charge in [-0.15, -0.1) is 0 Å². The van der Waals surface area contributed by atoms with Crippen molar-refractivity contribution < 1.29 is 9.59 Å². The summed E-state index contributed by atoms with van der Waals surface area (Å²) in [6.45, 7) is 0. The van der Waals surface area contributed by atoms with Gasteiger partial charge >= 0.3 is 0 Å². The highest BCUT2D eigenvalue weighted by Crippen LogP contribution is 2.19. The monoisotopic (exact) mass is 460 g/mol. The van der Waals surface area contributed by atoms with Gasteiger partial charge in [-0.3, -0.25) is 14.4 Å². The third kappa shape index (κ3) is 5.64. The molecule has 0 spiro atoms. The van der Waals surface area contributed by atoms with Gasteiger partial charge < -0.3 is 15.6 Å². The fraction of sp³-hybridized carbons (Fsp3) is 0.120. The van der Waals surface area contributed by atoms with Crippen molar-refractivity contribution in [3.05, 3.63) is 99.6 Å². The number of anilines is 2. The normalized spacial score (nSPS) is 10.7. The first-order valence-electron chi connectivity index (χ1n) is 10.4. The standard InChI is InChI=1S/C25H21ClN4O3/c26-16-12-14-17(15-13-16)27-24(32)19-7-2-4-9-21(19)29-23(31)11-5-10-22-28-20-8-3-1-6-18(20)25(33)30-22/h1-4,6-9,12-15H,5,10-11H2,(H,27,32)(H,29,31)(H,28,30,33). The summed E-state index contributed by atoms with van der Waals surface area (Å²) in [6, 6.07) is 20.7. The highest BCUT2D eigenvalue weighted by atomic mass is 35.5. The summed E-state index contributed by atoms with van der Waals surface area (Å²) in [6.07, 6.45) is 1.15. The van der Waals surface area contributed by atoms with Crippen LogP contribution >= 0.6 is 11.6 Å². The van der Waals surface area contributed by atoms with Crippen molar-refractivity contribution in [2.24, 2.45) is 0 Å². The first-order chi connectivity index (χ1) is 16.0. The number of benzene rings is 3. The second-order valence-corrected chi connectivity index (χ2v) is 7.87. The summed E-state index contributed by atoms with van der Waals surface area (Å²) in [5.41, 5.74) is 1.80. The molecular formula is C25H21ClN4O3. The number of H-pyrrole nitrogens is 1. The number of aromatic amines is 1. The third-order valence-electron chi connectivity index (χ3n) is 5.03. The second kappa shape index (κ2) is 10.1. The number of hydrogen-bond donors (Lipinski definition) is 3. The maximum Gasteiger partial charge on any atom is 0.258 e. The average molecular weight is 461 g/mol. The molecule has 33 heavy (non-hydrogen) atoms. The lowest BCUT2D eigenvalue weighted by atomic mass is 10.1. The Balaban J connectivity index is 1.36. The van der Waals surface area contributed by atoms with Gasteiger partial charge in [0, 0.05) is 23.6 Å². The molecule has 166 valence electrons. The van der Waals surface area contributed by atoms with Crippen LogP contribution in [0, 0.1) is 0 Å². The zero-order valence-corrected chi connectivity index (χ0v) is 18.4. The van der Waals surface area contributed by atoms with Gasteiger partial charge in [-0.25, -0.2) is 4.98 Å². The summed E-state index contributed by atoms with van der Waals surface area (Å²) in [7, 11) is 0.